The number of amides is 1. The third-order valence-electron chi connectivity index (χ3n) is 4.39. The first-order valence-electron chi connectivity index (χ1n) is 9.60. The Kier molecular flexibility index (Phi) is 7.42. The largest absolute Gasteiger partial charge is 0.486 e. The van der Waals surface area contributed by atoms with Crippen molar-refractivity contribution in [3.63, 3.8) is 0 Å². The highest BCUT2D eigenvalue weighted by Crippen LogP contribution is 2.32. The molecule has 0 unspecified atom stereocenters. The molecule has 0 saturated carbocycles. The second kappa shape index (κ2) is 10.2. The van der Waals surface area contributed by atoms with Crippen molar-refractivity contribution in [2.75, 3.05) is 19.8 Å². The Balaban J connectivity index is 1.33. The average molecular weight is 420 g/mol. The molecule has 0 fully saturated rings. The number of benzene rings is 1. The Morgan fingerprint density at radius 1 is 1.03 bits per heavy atom. The van der Waals surface area contributed by atoms with Crippen LogP contribution in [0.5, 0.6) is 11.5 Å². The van der Waals surface area contributed by atoms with E-state index in [4.69, 9.17) is 9.47 Å². The van der Waals surface area contributed by atoms with Gasteiger partial charge >= 0.3 is 0 Å². The SMILES string of the molecule is O=C(CCCCCNS(=O)(=O)c1ccc2c(c1)OCCO2)NCc1ccccn1. The predicted molar refractivity (Wildman–Crippen MR) is 107 cm³/mol. The maximum absolute atomic E-state index is 12.4. The summed E-state index contributed by atoms with van der Waals surface area (Å²) in [5.41, 5.74) is 0.814. The first-order chi connectivity index (χ1) is 14.0. The molecule has 2 N–H and O–H groups in total. The molecule has 0 radical (unpaired) electrons. The first-order valence-corrected chi connectivity index (χ1v) is 11.1. The van der Waals surface area contributed by atoms with Gasteiger partial charge in [0.25, 0.3) is 0 Å². The number of aromatic nitrogens is 1. The summed E-state index contributed by atoms with van der Waals surface area (Å²) in [6, 6.07) is 10.1. The third-order valence-corrected chi connectivity index (χ3v) is 5.85. The topological polar surface area (TPSA) is 107 Å². The fourth-order valence-electron chi connectivity index (χ4n) is 2.85. The molecule has 0 saturated heterocycles. The van der Waals surface area contributed by atoms with E-state index < -0.39 is 10.0 Å². The second-order valence-electron chi connectivity index (χ2n) is 6.61. The summed E-state index contributed by atoms with van der Waals surface area (Å²) in [6.45, 7) is 1.58. The van der Waals surface area contributed by atoms with Crippen molar-refractivity contribution in [3.05, 3.63) is 48.3 Å². The minimum atomic E-state index is -3.61. The lowest BCUT2D eigenvalue weighted by Gasteiger charge is -2.18. The van der Waals surface area contributed by atoms with E-state index in [9.17, 15) is 13.2 Å². The summed E-state index contributed by atoms with van der Waals surface area (Å²) in [4.78, 5) is 16.1. The van der Waals surface area contributed by atoms with Crippen molar-refractivity contribution in [2.24, 2.45) is 0 Å². The molecule has 0 bridgehead atoms. The smallest absolute Gasteiger partial charge is 0.240 e. The van der Waals surface area contributed by atoms with Crippen LogP contribution in [0.15, 0.2) is 47.5 Å². The fraction of sp³-hybridized carbons (Fsp3) is 0.400. The van der Waals surface area contributed by atoms with Crippen LogP contribution >= 0.6 is 0 Å². The van der Waals surface area contributed by atoms with Gasteiger partial charge in [0, 0.05) is 25.2 Å². The predicted octanol–water partition coefficient (Wildman–Crippen LogP) is 2.01. The molecule has 9 heteroatoms. The second-order valence-corrected chi connectivity index (χ2v) is 8.38. The molecule has 2 heterocycles. The summed E-state index contributed by atoms with van der Waals surface area (Å²) in [6.07, 6.45) is 4.19. The summed E-state index contributed by atoms with van der Waals surface area (Å²) in [5, 5.41) is 2.83. The number of unbranched alkanes of at least 4 members (excludes halogenated alkanes) is 2. The minimum Gasteiger partial charge on any atom is -0.486 e. The van der Waals surface area contributed by atoms with E-state index in [1.165, 1.54) is 12.1 Å². The molecular formula is C20H25N3O5S. The monoisotopic (exact) mass is 419 g/mol. The summed E-state index contributed by atoms with van der Waals surface area (Å²) in [5.74, 6) is 0.958. The van der Waals surface area contributed by atoms with Crippen molar-refractivity contribution in [2.45, 2.75) is 37.1 Å². The van der Waals surface area contributed by atoms with Crippen molar-refractivity contribution in [3.8, 4) is 11.5 Å². The van der Waals surface area contributed by atoms with Crippen LogP contribution in [0.4, 0.5) is 0 Å². The third kappa shape index (κ3) is 6.43. The molecular weight excluding hydrogens is 394 g/mol. The zero-order valence-corrected chi connectivity index (χ0v) is 16.9. The highest BCUT2D eigenvalue weighted by Gasteiger charge is 2.18. The van der Waals surface area contributed by atoms with Crippen LogP contribution in [0.25, 0.3) is 0 Å². The molecule has 1 aliphatic heterocycles. The molecule has 1 amide bonds. The lowest BCUT2D eigenvalue weighted by molar-refractivity contribution is -0.121. The van der Waals surface area contributed by atoms with Crippen LogP contribution in [-0.2, 0) is 21.4 Å². The highest BCUT2D eigenvalue weighted by atomic mass is 32.2. The van der Waals surface area contributed by atoms with Crippen molar-refractivity contribution >= 4 is 15.9 Å². The number of nitrogens with zero attached hydrogens (tertiary/aromatic N) is 1. The van der Waals surface area contributed by atoms with Crippen LogP contribution in [-0.4, -0.2) is 39.1 Å². The molecule has 0 spiro atoms. The Morgan fingerprint density at radius 2 is 1.86 bits per heavy atom. The van der Waals surface area contributed by atoms with Crippen LogP contribution in [0.3, 0.4) is 0 Å². The summed E-state index contributed by atoms with van der Waals surface area (Å²) >= 11 is 0. The Bertz CT molecular complexity index is 919. The van der Waals surface area contributed by atoms with Gasteiger partial charge < -0.3 is 14.8 Å². The number of hydrogen-bond acceptors (Lipinski definition) is 6. The van der Waals surface area contributed by atoms with E-state index in [1.807, 2.05) is 18.2 Å². The van der Waals surface area contributed by atoms with Crippen molar-refractivity contribution < 1.29 is 22.7 Å². The Labute approximate surface area is 170 Å². The number of nitrogens with one attached hydrogen (secondary N) is 2. The normalized spacial score (nSPS) is 13.1. The van der Waals surface area contributed by atoms with Crippen LogP contribution < -0.4 is 19.5 Å². The van der Waals surface area contributed by atoms with E-state index in [0.29, 0.717) is 57.1 Å². The summed E-state index contributed by atoms with van der Waals surface area (Å²) < 4.78 is 38.2. The van der Waals surface area contributed by atoms with Crippen molar-refractivity contribution in [1.29, 1.82) is 0 Å². The number of sulfonamides is 1. The maximum atomic E-state index is 12.4. The van der Waals surface area contributed by atoms with E-state index >= 15 is 0 Å². The number of pyridine rings is 1. The van der Waals surface area contributed by atoms with Crippen LogP contribution in [0, 0.1) is 0 Å². The minimum absolute atomic E-state index is 0.0347. The number of ether oxygens (including phenoxy) is 2. The molecule has 2 aromatic rings. The molecule has 8 nitrogen and oxygen atoms in total. The van der Waals surface area contributed by atoms with Crippen molar-refractivity contribution in [1.82, 2.24) is 15.0 Å². The molecule has 0 atom stereocenters. The summed E-state index contributed by atoms with van der Waals surface area (Å²) in [7, 11) is -3.61. The number of carbonyl (C=O) groups is 1. The van der Waals surface area contributed by atoms with Gasteiger partial charge in [-0.1, -0.05) is 12.5 Å². The van der Waals surface area contributed by atoms with Gasteiger partial charge in [0.05, 0.1) is 17.1 Å². The van der Waals surface area contributed by atoms with Gasteiger partial charge in [-0.05, 0) is 37.1 Å². The molecule has 0 aliphatic carbocycles. The zero-order valence-electron chi connectivity index (χ0n) is 16.1. The number of carbonyl (C=O) groups excluding carboxylic acids is 1. The molecule has 3 rings (SSSR count). The van der Waals surface area contributed by atoms with Gasteiger partial charge in [0.2, 0.25) is 15.9 Å². The molecule has 29 heavy (non-hydrogen) atoms. The van der Waals surface area contributed by atoms with E-state index in [-0.39, 0.29) is 10.8 Å². The van der Waals surface area contributed by atoms with Gasteiger partial charge in [-0.2, -0.15) is 0 Å². The molecule has 1 aromatic heterocycles. The quantitative estimate of drug-likeness (QED) is 0.571. The van der Waals surface area contributed by atoms with Gasteiger partial charge in [-0.3, -0.25) is 9.78 Å². The number of hydrogen-bond donors (Lipinski definition) is 2. The van der Waals surface area contributed by atoms with Gasteiger partial charge in [0.1, 0.15) is 13.2 Å². The average Bonchev–Trinajstić information content (AvgIpc) is 2.75. The van der Waals surface area contributed by atoms with E-state index in [0.717, 1.165) is 12.1 Å². The first kappa shape index (κ1) is 21.1. The Hall–Kier alpha value is -2.65. The lowest BCUT2D eigenvalue weighted by Crippen LogP contribution is -2.25. The highest BCUT2D eigenvalue weighted by molar-refractivity contribution is 7.89. The zero-order chi connectivity index (χ0) is 20.5. The van der Waals surface area contributed by atoms with E-state index in [1.54, 1.807) is 12.3 Å². The molecule has 156 valence electrons. The van der Waals surface area contributed by atoms with Crippen LogP contribution in [0.1, 0.15) is 31.4 Å². The van der Waals surface area contributed by atoms with E-state index in [2.05, 4.69) is 15.0 Å². The lowest BCUT2D eigenvalue weighted by atomic mass is 10.2. The van der Waals surface area contributed by atoms with Crippen LogP contribution in [0.2, 0.25) is 0 Å². The number of rotatable bonds is 10. The fourth-order valence-corrected chi connectivity index (χ4v) is 3.94. The van der Waals surface area contributed by atoms with Gasteiger partial charge in [0.15, 0.2) is 11.5 Å². The maximum Gasteiger partial charge on any atom is 0.240 e. The molecule has 1 aromatic carbocycles. The standard InChI is InChI=1S/C20H25N3O5S/c24-20(22-15-16-6-3-5-10-21-16)7-2-1-4-11-23-29(25,26)17-8-9-18-19(14-17)28-13-12-27-18/h3,5-6,8-10,14,23H,1-2,4,7,11-13,15H2,(H,22,24). The van der Waals surface area contributed by atoms with Gasteiger partial charge in [-0.15, -0.1) is 0 Å². The molecule has 1 aliphatic rings. The Morgan fingerprint density at radius 3 is 2.66 bits per heavy atom. The van der Waals surface area contributed by atoms with Gasteiger partial charge in [-0.25, -0.2) is 13.1 Å². The number of fused-ring (bicyclic) bond motifs is 1.